The van der Waals surface area contributed by atoms with Crippen LogP contribution < -0.4 is 27.0 Å². The summed E-state index contributed by atoms with van der Waals surface area (Å²) in [7, 11) is 0. The second-order valence-electron chi connectivity index (χ2n) is 10.3. The Morgan fingerprint density at radius 3 is 1.67 bits per heavy atom. The van der Waals surface area contributed by atoms with E-state index in [9.17, 15) is 24.0 Å². The van der Waals surface area contributed by atoms with E-state index in [1.54, 1.807) is 0 Å². The summed E-state index contributed by atoms with van der Waals surface area (Å²) in [4.78, 5) is 57.2. The molecule has 250 valence electrons. The number of carboxylic acid groups (broad SMARTS) is 1. The smallest absolute Gasteiger partial charge is 0.303 e. The number of carbonyl (C=O) groups is 5. The zero-order valence-corrected chi connectivity index (χ0v) is 25.9. The molecule has 0 saturated heterocycles. The van der Waals surface area contributed by atoms with Crippen LogP contribution >= 0.6 is 0 Å². The van der Waals surface area contributed by atoms with E-state index < -0.39 is 5.97 Å². The Hall–Kier alpha value is -2.81. The van der Waals surface area contributed by atoms with E-state index in [1.807, 2.05) is 6.92 Å². The highest BCUT2D eigenvalue weighted by atomic mass is 16.5. The standard InChI is InChI=1S/C29H55N5O9/c1-24(34-26(36)10-8-6-4-2-3-5-7-9-11-29(39)40)12-13-25(35)31-14-19-42-20-21-43-23-28(38)33-16-18-41-17-15-32-27(37)22-30/h24H,2-23,30H2,1H3,(H,31,35)(H,32,37)(H,33,38)(H,34,36)(H,39,40)/t24-/m0/s1. The number of carbonyl (C=O) groups excluding carboxylic acids is 4. The maximum absolute atomic E-state index is 12.1. The third-order valence-corrected chi connectivity index (χ3v) is 6.25. The van der Waals surface area contributed by atoms with E-state index in [2.05, 4.69) is 21.3 Å². The Balaban J connectivity index is 3.50. The van der Waals surface area contributed by atoms with Gasteiger partial charge in [-0.25, -0.2) is 0 Å². The zero-order valence-electron chi connectivity index (χ0n) is 25.9. The van der Waals surface area contributed by atoms with Crippen LogP contribution in [0.1, 0.15) is 84.0 Å². The molecule has 0 aromatic rings. The van der Waals surface area contributed by atoms with Crippen LogP contribution in [0.4, 0.5) is 0 Å². The maximum Gasteiger partial charge on any atom is 0.303 e. The molecule has 0 spiro atoms. The predicted molar refractivity (Wildman–Crippen MR) is 161 cm³/mol. The first-order valence-corrected chi connectivity index (χ1v) is 15.5. The van der Waals surface area contributed by atoms with Crippen LogP contribution in [-0.2, 0) is 38.2 Å². The van der Waals surface area contributed by atoms with Gasteiger partial charge < -0.3 is 46.3 Å². The number of amides is 4. The summed E-state index contributed by atoms with van der Waals surface area (Å²) < 4.78 is 15.9. The molecule has 0 saturated carbocycles. The second-order valence-corrected chi connectivity index (χ2v) is 10.3. The molecule has 0 unspecified atom stereocenters. The molecule has 14 heteroatoms. The lowest BCUT2D eigenvalue weighted by Crippen LogP contribution is -2.34. The van der Waals surface area contributed by atoms with Gasteiger partial charge in [-0.2, -0.15) is 0 Å². The molecule has 0 aliphatic rings. The summed E-state index contributed by atoms with van der Waals surface area (Å²) >= 11 is 0. The fourth-order valence-electron chi connectivity index (χ4n) is 3.88. The first-order valence-electron chi connectivity index (χ1n) is 15.5. The normalized spacial score (nSPS) is 11.5. The van der Waals surface area contributed by atoms with Crippen LogP contribution in [0.2, 0.25) is 0 Å². The van der Waals surface area contributed by atoms with Crippen molar-refractivity contribution in [3.05, 3.63) is 0 Å². The van der Waals surface area contributed by atoms with E-state index in [0.29, 0.717) is 65.3 Å². The molecule has 0 aromatic heterocycles. The Bertz CT molecular complexity index is 771. The summed E-state index contributed by atoms with van der Waals surface area (Å²) in [6.07, 6.45) is 9.47. The Morgan fingerprint density at radius 2 is 1.09 bits per heavy atom. The zero-order chi connectivity index (χ0) is 32.0. The van der Waals surface area contributed by atoms with Gasteiger partial charge in [-0.1, -0.05) is 38.5 Å². The minimum atomic E-state index is -0.733. The van der Waals surface area contributed by atoms with E-state index >= 15 is 0 Å². The van der Waals surface area contributed by atoms with Crippen LogP contribution in [0.15, 0.2) is 0 Å². The molecule has 0 aliphatic carbocycles. The molecule has 43 heavy (non-hydrogen) atoms. The monoisotopic (exact) mass is 617 g/mol. The van der Waals surface area contributed by atoms with Gasteiger partial charge in [0.05, 0.1) is 39.6 Å². The maximum atomic E-state index is 12.1. The summed E-state index contributed by atoms with van der Waals surface area (Å²) in [6, 6.07) is -0.0853. The van der Waals surface area contributed by atoms with Gasteiger partial charge in [0.25, 0.3) is 0 Å². The van der Waals surface area contributed by atoms with E-state index in [0.717, 1.165) is 51.4 Å². The van der Waals surface area contributed by atoms with Gasteiger partial charge in [-0.15, -0.1) is 0 Å². The molecule has 7 N–H and O–H groups in total. The number of hydrogen-bond acceptors (Lipinski definition) is 9. The van der Waals surface area contributed by atoms with E-state index in [1.165, 1.54) is 0 Å². The highest BCUT2D eigenvalue weighted by Gasteiger charge is 2.10. The number of aliphatic carboxylic acids is 1. The SMILES string of the molecule is C[C@@H](CCC(=O)NCCOCCOCC(=O)NCCOCCNC(=O)CN)NC(=O)CCCCCCCCCCC(=O)O. The number of rotatable bonds is 30. The van der Waals surface area contributed by atoms with E-state index in [-0.39, 0.29) is 55.8 Å². The van der Waals surface area contributed by atoms with Crippen LogP contribution in [0.3, 0.4) is 0 Å². The molecule has 0 rings (SSSR count). The molecule has 4 amide bonds. The number of carboxylic acids is 1. The van der Waals surface area contributed by atoms with E-state index in [4.69, 9.17) is 25.1 Å². The predicted octanol–water partition coefficient (Wildman–Crippen LogP) is 0.614. The van der Waals surface area contributed by atoms with Gasteiger partial charge in [-0.05, 0) is 26.2 Å². The van der Waals surface area contributed by atoms with Crippen molar-refractivity contribution in [2.24, 2.45) is 5.73 Å². The fourth-order valence-corrected chi connectivity index (χ4v) is 3.88. The van der Waals surface area contributed by atoms with Crippen molar-refractivity contribution in [1.82, 2.24) is 21.3 Å². The van der Waals surface area contributed by atoms with Crippen LogP contribution in [0.25, 0.3) is 0 Å². The van der Waals surface area contributed by atoms with Crippen LogP contribution in [0.5, 0.6) is 0 Å². The Morgan fingerprint density at radius 1 is 0.605 bits per heavy atom. The molecule has 0 radical (unpaired) electrons. The largest absolute Gasteiger partial charge is 0.481 e. The second kappa shape index (κ2) is 29.3. The number of nitrogens with two attached hydrogens (primary N) is 1. The highest BCUT2D eigenvalue weighted by Crippen LogP contribution is 2.11. The first-order chi connectivity index (χ1) is 20.7. The summed E-state index contributed by atoms with van der Waals surface area (Å²) in [6.45, 7) is 4.28. The highest BCUT2D eigenvalue weighted by molar-refractivity contribution is 5.78. The van der Waals surface area contributed by atoms with Crippen molar-refractivity contribution in [3.63, 3.8) is 0 Å². The van der Waals surface area contributed by atoms with Crippen molar-refractivity contribution in [2.45, 2.75) is 90.0 Å². The number of hydrogen-bond donors (Lipinski definition) is 6. The van der Waals surface area contributed by atoms with Crippen molar-refractivity contribution in [2.75, 3.05) is 65.8 Å². The minimum Gasteiger partial charge on any atom is -0.481 e. The topological polar surface area (TPSA) is 207 Å². The summed E-state index contributed by atoms with van der Waals surface area (Å²) in [5.41, 5.74) is 5.17. The third-order valence-electron chi connectivity index (χ3n) is 6.25. The van der Waals surface area contributed by atoms with Crippen LogP contribution in [-0.4, -0.2) is 107 Å². The number of unbranched alkanes of at least 4 members (excludes halogenated alkanes) is 7. The van der Waals surface area contributed by atoms with Crippen molar-refractivity contribution in [3.8, 4) is 0 Å². The molecule has 0 aromatic carbocycles. The van der Waals surface area contributed by atoms with Crippen molar-refractivity contribution in [1.29, 1.82) is 0 Å². The number of ether oxygens (including phenoxy) is 3. The third kappa shape index (κ3) is 30.5. The van der Waals surface area contributed by atoms with Crippen molar-refractivity contribution < 1.29 is 43.3 Å². The molecule has 0 heterocycles. The van der Waals surface area contributed by atoms with Gasteiger partial charge in [0.15, 0.2) is 0 Å². The quantitative estimate of drug-likeness (QED) is 0.0619. The van der Waals surface area contributed by atoms with Gasteiger partial charge in [0, 0.05) is 44.9 Å². The number of nitrogens with one attached hydrogen (secondary N) is 4. The molecule has 0 aliphatic heterocycles. The molecule has 0 bridgehead atoms. The molecule has 14 nitrogen and oxygen atoms in total. The first kappa shape index (κ1) is 40.2. The average molecular weight is 618 g/mol. The molecular formula is C29H55N5O9. The average Bonchev–Trinajstić information content (AvgIpc) is 2.97. The lowest BCUT2D eigenvalue weighted by molar-refractivity contribution is -0.137. The fraction of sp³-hybridized carbons (Fsp3) is 0.828. The van der Waals surface area contributed by atoms with Gasteiger partial charge in [0.1, 0.15) is 6.61 Å². The van der Waals surface area contributed by atoms with Gasteiger partial charge >= 0.3 is 5.97 Å². The molecular weight excluding hydrogens is 562 g/mol. The minimum absolute atomic E-state index is 0.00540. The summed E-state index contributed by atoms with van der Waals surface area (Å²) in [5.74, 6) is -1.35. The molecule has 0 fully saturated rings. The lowest BCUT2D eigenvalue weighted by Gasteiger charge is -2.14. The van der Waals surface area contributed by atoms with Crippen molar-refractivity contribution >= 4 is 29.6 Å². The lowest BCUT2D eigenvalue weighted by atomic mass is 10.1. The summed E-state index contributed by atoms with van der Waals surface area (Å²) in [5, 5.41) is 19.6. The Labute approximate surface area is 255 Å². The Kier molecular flexibility index (Phi) is 27.4. The van der Waals surface area contributed by atoms with Crippen LogP contribution in [0, 0.1) is 0 Å². The van der Waals surface area contributed by atoms with Gasteiger partial charge in [0.2, 0.25) is 23.6 Å². The molecule has 1 atom stereocenters. The van der Waals surface area contributed by atoms with Gasteiger partial charge in [-0.3, -0.25) is 24.0 Å².